The van der Waals surface area contributed by atoms with Crippen molar-refractivity contribution in [1.82, 2.24) is 9.88 Å². The first-order valence-corrected chi connectivity index (χ1v) is 15.9. The number of nitrogens with zero attached hydrogens (tertiary/aromatic N) is 2. The minimum atomic E-state index is -0.365. The van der Waals surface area contributed by atoms with Gasteiger partial charge in [0.05, 0.1) is 29.5 Å². The number of aromatic nitrogens is 1. The van der Waals surface area contributed by atoms with Gasteiger partial charge in [-0.1, -0.05) is 60.5 Å². The van der Waals surface area contributed by atoms with Gasteiger partial charge in [0.25, 0.3) is 0 Å². The maximum absolute atomic E-state index is 12.8. The molecule has 3 atom stereocenters. The molecule has 0 bridgehead atoms. The number of pyridine rings is 1. The van der Waals surface area contributed by atoms with E-state index in [2.05, 4.69) is 53.2 Å². The maximum atomic E-state index is 12.8. The molecule has 4 aromatic rings. The van der Waals surface area contributed by atoms with Crippen LogP contribution in [0.25, 0.3) is 0 Å². The molecular formula is C36H36Cl2N2O4. The van der Waals surface area contributed by atoms with Crippen LogP contribution in [-0.4, -0.2) is 35.6 Å². The van der Waals surface area contributed by atoms with Gasteiger partial charge in [-0.3, -0.25) is 14.7 Å². The average molecular weight is 632 g/mol. The first-order chi connectivity index (χ1) is 21.4. The Morgan fingerprint density at radius 2 is 1.84 bits per heavy atom. The molecule has 2 unspecified atom stereocenters. The zero-order valence-corrected chi connectivity index (χ0v) is 26.5. The van der Waals surface area contributed by atoms with Gasteiger partial charge in [0.15, 0.2) is 0 Å². The number of hydrogen-bond donors (Lipinski definition) is 0. The molecule has 8 heteroatoms. The summed E-state index contributed by atoms with van der Waals surface area (Å²) in [5, 5.41) is 1.07. The maximum Gasteiger partial charge on any atom is 0.323 e. The molecule has 1 aromatic heterocycles. The quantitative estimate of drug-likeness (QED) is 0.183. The number of methoxy groups -OCH3 is 1. The number of fused-ring (bicyclic) bond motifs is 2. The summed E-state index contributed by atoms with van der Waals surface area (Å²) < 4.78 is 17.8. The summed E-state index contributed by atoms with van der Waals surface area (Å²) in [6.07, 6.45) is 4.85. The molecule has 2 aliphatic heterocycles. The zero-order chi connectivity index (χ0) is 30.6. The summed E-state index contributed by atoms with van der Waals surface area (Å²) in [7, 11) is 1.45. The van der Waals surface area contributed by atoms with Crippen molar-refractivity contribution in [2.75, 3.05) is 13.7 Å². The Kier molecular flexibility index (Phi) is 9.41. The predicted molar refractivity (Wildman–Crippen MR) is 173 cm³/mol. The zero-order valence-electron chi connectivity index (χ0n) is 25.0. The Balaban J connectivity index is 1.19. The summed E-state index contributed by atoms with van der Waals surface area (Å²) in [6.45, 7) is 3.95. The topological polar surface area (TPSA) is 60.9 Å². The van der Waals surface area contributed by atoms with E-state index in [4.69, 9.17) is 37.4 Å². The molecule has 0 radical (unpaired) electrons. The number of esters is 1. The second-order valence-electron chi connectivity index (χ2n) is 11.5. The smallest absolute Gasteiger partial charge is 0.323 e. The molecule has 0 fully saturated rings. The highest BCUT2D eigenvalue weighted by Crippen LogP contribution is 2.38. The molecule has 44 heavy (non-hydrogen) atoms. The van der Waals surface area contributed by atoms with Gasteiger partial charge in [-0.25, -0.2) is 0 Å². The standard InChI is InChI=1S/C36H36Cl2N2O4/c1-3-34(25-9-12-31(37)32(38)18-25)44-30-10-7-23(8-11-30)24-13-15-43-35-20-26-19-33(36(41)42-2)40(21-28(26)17-27(35)16-24)22-29-6-4-5-14-39-29/h4-12,14,17-18,20,24,33-34H,3,13,15-16,19,21-22H2,1-2H3/t24?,33-,34?/m0/s1. The highest BCUT2D eigenvalue weighted by atomic mass is 35.5. The minimum Gasteiger partial charge on any atom is -0.493 e. The number of halogens is 2. The molecule has 0 spiro atoms. The molecule has 0 amide bonds. The molecule has 0 saturated carbocycles. The second-order valence-corrected chi connectivity index (χ2v) is 12.3. The van der Waals surface area contributed by atoms with Gasteiger partial charge in [-0.2, -0.15) is 0 Å². The van der Waals surface area contributed by atoms with E-state index in [9.17, 15) is 4.79 Å². The summed E-state index contributed by atoms with van der Waals surface area (Å²) in [5.41, 5.74) is 6.76. The lowest BCUT2D eigenvalue weighted by Gasteiger charge is -2.35. The van der Waals surface area contributed by atoms with Crippen molar-refractivity contribution in [3.05, 3.63) is 123 Å². The summed E-state index contributed by atoms with van der Waals surface area (Å²) in [6, 6.07) is 24.0. The lowest BCUT2D eigenvalue weighted by molar-refractivity contribution is -0.148. The largest absolute Gasteiger partial charge is 0.493 e. The van der Waals surface area contributed by atoms with Crippen LogP contribution in [-0.2, 0) is 35.5 Å². The molecule has 6 nitrogen and oxygen atoms in total. The lowest BCUT2D eigenvalue weighted by atomic mass is 9.86. The van der Waals surface area contributed by atoms with Crippen molar-refractivity contribution in [1.29, 1.82) is 0 Å². The van der Waals surface area contributed by atoms with E-state index < -0.39 is 0 Å². The second kappa shape index (κ2) is 13.6. The molecule has 0 N–H and O–H groups in total. The fourth-order valence-corrected chi connectivity index (χ4v) is 6.60. The molecule has 228 valence electrons. The number of carbonyl (C=O) groups is 1. The monoisotopic (exact) mass is 630 g/mol. The van der Waals surface area contributed by atoms with Gasteiger partial charge in [0.2, 0.25) is 0 Å². The van der Waals surface area contributed by atoms with Gasteiger partial charge >= 0.3 is 5.97 Å². The van der Waals surface area contributed by atoms with E-state index in [1.54, 1.807) is 6.20 Å². The van der Waals surface area contributed by atoms with Gasteiger partial charge in [0.1, 0.15) is 23.6 Å². The van der Waals surface area contributed by atoms with E-state index in [-0.39, 0.29) is 18.1 Å². The van der Waals surface area contributed by atoms with E-state index in [0.29, 0.717) is 42.1 Å². The van der Waals surface area contributed by atoms with Crippen LogP contribution in [0.5, 0.6) is 11.5 Å². The van der Waals surface area contributed by atoms with Crippen LogP contribution >= 0.6 is 23.2 Å². The van der Waals surface area contributed by atoms with Crippen LogP contribution in [0.4, 0.5) is 0 Å². The predicted octanol–water partition coefficient (Wildman–Crippen LogP) is 8.13. The number of carbonyl (C=O) groups excluding carboxylic acids is 1. The van der Waals surface area contributed by atoms with Crippen LogP contribution in [0.1, 0.15) is 65.3 Å². The molecule has 2 aliphatic rings. The fraction of sp³-hybridized carbons (Fsp3) is 0.333. The Morgan fingerprint density at radius 3 is 2.57 bits per heavy atom. The molecule has 6 rings (SSSR count). The van der Waals surface area contributed by atoms with Crippen molar-refractivity contribution in [3.8, 4) is 11.5 Å². The Labute approximate surface area is 268 Å². The van der Waals surface area contributed by atoms with E-state index >= 15 is 0 Å². The van der Waals surface area contributed by atoms with Gasteiger partial charge in [0, 0.05) is 19.3 Å². The third-order valence-corrected chi connectivity index (χ3v) is 9.42. The summed E-state index contributed by atoms with van der Waals surface area (Å²) >= 11 is 12.4. The van der Waals surface area contributed by atoms with E-state index in [0.717, 1.165) is 47.6 Å². The van der Waals surface area contributed by atoms with Crippen molar-refractivity contribution in [2.24, 2.45) is 0 Å². The van der Waals surface area contributed by atoms with Crippen molar-refractivity contribution < 1.29 is 19.0 Å². The molecule has 0 aliphatic carbocycles. The third kappa shape index (κ3) is 6.73. The number of rotatable bonds is 8. The van der Waals surface area contributed by atoms with Crippen LogP contribution in [0, 0.1) is 0 Å². The number of hydrogen-bond acceptors (Lipinski definition) is 6. The minimum absolute atomic E-state index is 0.115. The molecular weight excluding hydrogens is 595 g/mol. The first-order valence-electron chi connectivity index (χ1n) is 15.1. The molecule has 3 heterocycles. The van der Waals surface area contributed by atoms with Crippen LogP contribution < -0.4 is 9.47 Å². The normalized spacial score (nSPS) is 18.7. The van der Waals surface area contributed by atoms with Crippen molar-refractivity contribution in [2.45, 2.75) is 63.8 Å². The number of ether oxygens (including phenoxy) is 3. The third-order valence-electron chi connectivity index (χ3n) is 8.68. The highest BCUT2D eigenvalue weighted by molar-refractivity contribution is 6.42. The van der Waals surface area contributed by atoms with Crippen molar-refractivity contribution >= 4 is 29.2 Å². The SMILES string of the molecule is CCC(Oc1ccc(C2CCOc3cc4c(cc3C2)CN(Cc2ccccn2)[C@H](C(=O)OC)C4)cc1)c1ccc(Cl)c(Cl)c1. The Bertz CT molecular complexity index is 1610. The first kappa shape index (κ1) is 30.4. The lowest BCUT2D eigenvalue weighted by Crippen LogP contribution is -2.45. The van der Waals surface area contributed by atoms with E-state index in [1.807, 2.05) is 36.4 Å². The Morgan fingerprint density at radius 1 is 1.00 bits per heavy atom. The van der Waals surface area contributed by atoms with Gasteiger partial charge in [-0.15, -0.1) is 0 Å². The summed E-state index contributed by atoms with van der Waals surface area (Å²) in [4.78, 5) is 19.4. The fourth-order valence-electron chi connectivity index (χ4n) is 6.30. The van der Waals surface area contributed by atoms with Crippen molar-refractivity contribution in [3.63, 3.8) is 0 Å². The van der Waals surface area contributed by atoms with Crippen LogP contribution in [0.15, 0.2) is 79.0 Å². The van der Waals surface area contributed by atoms with Gasteiger partial charge in [-0.05, 0) is 102 Å². The molecule has 0 saturated heterocycles. The number of benzene rings is 3. The van der Waals surface area contributed by atoms with Gasteiger partial charge < -0.3 is 14.2 Å². The average Bonchev–Trinajstić information content (AvgIpc) is 3.26. The van der Waals surface area contributed by atoms with Crippen LogP contribution in [0.3, 0.4) is 0 Å². The summed E-state index contributed by atoms with van der Waals surface area (Å²) in [5.74, 6) is 1.83. The van der Waals surface area contributed by atoms with Crippen LogP contribution in [0.2, 0.25) is 10.0 Å². The Hall–Kier alpha value is -3.58. The highest BCUT2D eigenvalue weighted by Gasteiger charge is 2.34. The molecule has 3 aromatic carbocycles. The van der Waals surface area contributed by atoms with E-state index in [1.165, 1.54) is 23.8 Å².